The number of rotatable bonds is 5. The zero-order valence-electron chi connectivity index (χ0n) is 11.9. The molecule has 2 rings (SSSR count). The lowest BCUT2D eigenvalue weighted by molar-refractivity contribution is -0.385. The second kappa shape index (κ2) is 6.51. The molecule has 1 fully saturated rings. The van der Waals surface area contributed by atoms with Gasteiger partial charge in [-0.05, 0) is 25.7 Å². The summed E-state index contributed by atoms with van der Waals surface area (Å²) in [6.45, 7) is 2.11. The van der Waals surface area contributed by atoms with Crippen molar-refractivity contribution in [3.05, 3.63) is 27.9 Å². The van der Waals surface area contributed by atoms with Crippen LogP contribution in [0.5, 0.6) is 0 Å². The van der Waals surface area contributed by atoms with E-state index in [1.54, 1.807) is 6.92 Å². The highest BCUT2D eigenvalue weighted by Crippen LogP contribution is 2.30. The third-order valence-corrected chi connectivity index (χ3v) is 4.04. The summed E-state index contributed by atoms with van der Waals surface area (Å²) in [5.41, 5.74) is 0.526. The minimum absolute atomic E-state index is 0.0194. The normalized spacial score (nSPS) is 21.8. The third kappa shape index (κ3) is 3.68. The number of carboxylic acid groups (broad SMARTS) is 1. The van der Waals surface area contributed by atoms with Crippen molar-refractivity contribution >= 4 is 17.5 Å². The molecule has 1 aliphatic carbocycles. The van der Waals surface area contributed by atoms with Crippen LogP contribution in [-0.4, -0.2) is 27.5 Å². The van der Waals surface area contributed by atoms with E-state index in [0.29, 0.717) is 24.3 Å². The maximum absolute atomic E-state index is 11.2. The number of nitrogens with one attached hydrogen (secondary N) is 1. The summed E-state index contributed by atoms with van der Waals surface area (Å²) < 4.78 is 0. The highest BCUT2D eigenvalue weighted by molar-refractivity contribution is 5.70. The van der Waals surface area contributed by atoms with Crippen molar-refractivity contribution < 1.29 is 14.8 Å². The number of aromatic nitrogens is 1. The minimum atomic E-state index is -0.760. The Bertz CT molecular complexity index is 547. The van der Waals surface area contributed by atoms with Crippen LogP contribution in [0, 0.1) is 28.9 Å². The molecular formula is C14H19N3O4. The van der Waals surface area contributed by atoms with Crippen molar-refractivity contribution in [3.63, 3.8) is 0 Å². The predicted octanol–water partition coefficient (Wildman–Crippen LogP) is 2.60. The summed E-state index contributed by atoms with van der Waals surface area (Å²) in [5, 5.41) is 23.2. The number of nitrogens with zero attached hydrogens (tertiary/aromatic N) is 2. The highest BCUT2D eigenvalue weighted by Gasteiger charge is 2.30. The zero-order chi connectivity index (χ0) is 15.4. The molecule has 7 nitrogen and oxygen atoms in total. The van der Waals surface area contributed by atoms with Crippen LogP contribution in [0.1, 0.15) is 31.2 Å². The van der Waals surface area contributed by atoms with E-state index in [1.807, 2.05) is 0 Å². The molecule has 1 aliphatic rings. The Kier molecular flexibility index (Phi) is 4.72. The summed E-state index contributed by atoms with van der Waals surface area (Å²) in [4.78, 5) is 25.8. The standard InChI is InChI=1S/C14H19N3O4/c1-9-7-15-13(6-12(9)17(20)21)16-8-10-4-2-3-5-11(10)14(18)19/h6-7,10-11H,2-5,8H2,1H3,(H,15,16)(H,18,19). The van der Waals surface area contributed by atoms with Crippen molar-refractivity contribution in [2.75, 3.05) is 11.9 Å². The quantitative estimate of drug-likeness (QED) is 0.638. The molecule has 1 aromatic heterocycles. The van der Waals surface area contributed by atoms with Crippen molar-refractivity contribution in [2.45, 2.75) is 32.6 Å². The lowest BCUT2D eigenvalue weighted by atomic mass is 9.79. The van der Waals surface area contributed by atoms with Gasteiger partial charge in [0.2, 0.25) is 0 Å². The Morgan fingerprint density at radius 1 is 1.52 bits per heavy atom. The van der Waals surface area contributed by atoms with Gasteiger partial charge in [0.25, 0.3) is 5.69 Å². The van der Waals surface area contributed by atoms with Crippen LogP contribution in [0.4, 0.5) is 11.5 Å². The van der Waals surface area contributed by atoms with Gasteiger partial charge >= 0.3 is 5.97 Å². The van der Waals surface area contributed by atoms with E-state index < -0.39 is 10.9 Å². The van der Waals surface area contributed by atoms with Crippen molar-refractivity contribution in [3.8, 4) is 0 Å². The first-order valence-electron chi connectivity index (χ1n) is 7.06. The number of nitro groups is 1. The van der Waals surface area contributed by atoms with Gasteiger partial charge in [0.15, 0.2) is 0 Å². The van der Waals surface area contributed by atoms with Crippen molar-refractivity contribution in [2.24, 2.45) is 11.8 Å². The highest BCUT2D eigenvalue weighted by atomic mass is 16.6. The molecule has 7 heteroatoms. The molecule has 0 radical (unpaired) electrons. The largest absolute Gasteiger partial charge is 0.481 e. The number of hydrogen-bond acceptors (Lipinski definition) is 5. The maximum atomic E-state index is 11.2. The second-order valence-corrected chi connectivity index (χ2v) is 5.48. The van der Waals surface area contributed by atoms with Crippen LogP contribution in [0.15, 0.2) is 12.3 Å². The first kappa shape index (κ1) is 15.2. The fourth-order valence-corrected chi connectivity index (χ4v) is 2.82. The monoisotopic (exact) mass is 293 g/mol. The molecular weight excluding hydrogens is 274 g/mol. The van der Waals surface area contributed by atoms with Gasteiger partial charge in [-0.15, -0.1) is 0 Å². The molecule has 0 amide bonds. The van der Waals surface area contributed by atoms with Gasteiger partial charge in [-0.1, -0.05) is 12.8 Å². The van der Waals surface area contributed by atoms with Crippen LogP contribution in [0.2, 0.25) is 0 Å². The molecule has 0 spiro atoms. The molecule has 2 N–H and O–H groups in total. The van der Waals surface area contributed by atoms with E-state index in [9.17, 15) is 20.0 Å². The molecule has 2 unspecified atom stereocenters. The van der Waals surface area contributed by atoms with Crippen LogP contribution in [0.3, 0.4) is 0 Å². The zero-order valence-corrected chi connectivity index (χ0v) is 11.9. The van der Waals surface area contributed by atoms with E-state index in [2.05, 4.69) is 10.3 Å². The van der Waals surface area contributed by atoms with Crippen LogP contribution in [0.25, 0.3) is 0 Å². The number of carbonyl (C=O) groups is 1. The smallest absolute Gasteiger partial charge is 0.306 e. The topological polar surface area (TPSA) is 105 Å². The molecule has 1 aromatic rings. The Hall–Kier alpha value is -2.18. The summed E-state index contributed by atoms with van der Waals surface area (Å²) in [6.07, 6.45) is 4.98. The molecule has 0 aliphatic heterocycles. The maximum Gasteiger partial charge on any atom is 0.306 e. The number of hydrogen-bond donors (Lipinski definition) is 2. The Labute approximate surface area is 122 Å². The van der Waals surface area contributed by atoms with Gasteiger partial charge in [-0.25, -0.2) is 4.98 Å². The fraction of sp³-hybridized carbons (Fsp3) is 0.571. The van der Waals surface area contributed by atoms with Gasteiger partial charge in [-0.2, -0.15) is 0 Å². The SMILES string of the molecule is Cc1cnc(NCC2CCCCC2C(=O)O)cc1[N+](=O)[O-]. The van der Waals surface area contributed by atoms with Crippen LogP contribution >= 0.6 is 0 Å². The van der Waals surface area contributed by atoms with Gasteiger partial charge in [0.1, 0.15) is 5.82 Å². The van der Waals surface area contributed by atoms with Gasteiger partial charge in [0, 0.05) is 18.3 Å². The molecule has 1 saturated carbocycles. The van der Waals surface area contributed by atoms with E-state index in [0.717, 1.165) is 19.3 Å². The van der Waals surface area contributed by atoms with E-state index in [1.165, 1.54) is 12.3 Å². The molecule has 1 heterocycles. The van der Waals surface area contributed by atoms with E-state index in [4.69, 9.17) is 0 Å². The molecule has 21 heavy (non-hydrogen) atoms. The Balaban J connectivity index is 2.03. The predicted molar refractivity (Wildman–Crippen MR) is 77.2 cm³/mol. The molecule has 0 saturated heterocycles. The minimum Gasteiger partial charge on any atom is -0.481 e. The molecule has 0 aromatic carbocycles. The van der Waals surface area contributed by atoms with Crippen molar-refractivity contribution in [1.29, 1.82) is 0 Å². The average Bonchev–Trinajstić information content (AvgIpc) is 2.46. The first-order chi connectivity index (χ1) is 9.99. The summed E-state index contributed by atoms with van der Waals surface area (Å²) >= 11 is 0. The van der Waals surface area contributed by atoms with Gasteiger partial charge < -0.3 is 10.4 Å². The first-order valence-corrected chi connectivity index (χ1v) is 7.06. The third-order valence-electron chi connectivity index (χ3n) is 4.04. The summed E-state index contributed by atoms with van der Waals surface area (Å²) in [7, 11) is 0. The number of carboxylic acids is 1. The lowest BCUT2D eigenvalue weighted by Gasteiger charge is -2.28. The number of anilines is 1. The summed E-state index contributed by atoms with van der Waals surface area (Å²) in [6, 6.07) is 1.40. The van der Waals surface area contributed by atoms with Crippen molar-refractivity contribution in [1.82, 2.24) is 4.98 Å². The average molecular weight is 293 g/mol. The van der Waals surface area contributed by atoms with Crippen LogP contribution in [-0.2, 0) is 4.79 Å². The molecule has 2 atom stereocenters. The van der Waals surface area contributed by atoms with Crippen LogP contribution < -0.4 is 5.32 Å². The Morgan fingerprint density at radius 3 is 2.90 bits per heavy atom. The summed E-state index contributed by atoms with van der Waals surface area (Å²) in [5.74, 6) is -0.642. The van der Waals surface area contributed by atoms with Gasteiger partial charge in [-0.3, -0.25) is 14.9 Å². The van der Waals surface area contributed by atoms with E-state index in [-0.39, 0.29) is 17.5 Å². The number of aliphatic carboxylic acids is 1. The van der Waals surface area contributed by atoms with E-state index >= 15 is 0 Å². The Morgan fingerprint density at radius 2 is 2.24 bits per heavy atom. The molecule has 0 bridgehead atoms. The fourth-order valence-electron chi connectivity index (χ4n) is 2.82. The number of aryl methyl sites for hydroxylation is 1. The second-order valence-electron chi connectivity index (χ2n) is 5.48. The lowest BCUT2D eigenvalue weighted by Crippen LogP contribution is -2.31. The molecule has 114 valence electrons. The number of pyridine rings is 1. The van der Waals surface area contributed by atoms with Gasteiger partial charge in [0.05, 0.1) is 16.9 Å².